The van der Waals surface area contributed by atoms with Crippen LogP contribution in [-0.2, 0) is 0 Å². The number of hydrazone groups is 1. The molecule has 0 aliphatic heterocycles. The second-order valence-corrected chi connectivity index (χ2v) is 4.71. The average molecular weight is 325 g/mol. The lowest BCUT2D eigenvalue weighted by Gasteiger charge is -1.99. The Morgan fingerprint density at radius 3 is 2.90 bits per heavy atom. The van der Waals surface area contributed by atoms with Crippen LogP contribution in [0.15, 0.2) is 39.9 Å². The molecule has 0 saturated heterocycles. The summed E-state index contributed by atoms with van der Waals surface area (Å²) in [7, 11) is 0. The third-order valence-corrected chi connectivity index (χ3v) is 2.83. The SMILES string of the molecule is NC(=S)NN=Cc1ccc(-c2ccc(Cl)c([N+](=O)[O-])c2)o1. The van der Waals surface area contributed by atoms with E-state index in [1.165, 1.54) is 18.3 Å². The zero-order chi connectivity index (χ0) is 15.4. The molecule has 0 saturated carbocycles. The van der Waals surface area contributed by atoms with E-state index in [0.717, 1.165) is 0 Å². The summed E-state index contributed by atoms with van der Waals surface area (Å²) in [4.78, 5) is 10.3. The van der Waals surface area contributed by atoms with Crippen LogP contribution in [0.1, 0.15) is 5.76 Å². The molecule has 0 aliphatic carbocycles. The van der Waals surface area contributed by atoms with Gasteiger partial charge in [0.05, 0.1) is 11.1 Å². The molecule has 3 N–H and O–H groups in total. The maximum absolute atomic E-state index is 10.9. The topological polar surface area (TPSA) is 107 Å². The Hall–Kier alpha value is -2.45. The van der Waals surface area contributed by atoms with Gasteiger partial charge in [-0.05, 0) is 36.5 Å². The summed E-state index contributed by atoms with van der Waals surface area (Å²) in [5, 5.41) is 14.7. The predicted molar refractivity (Wildman–Crippen MR) is 83.3 cm³/mol. The normalized spacial score (nSPS) is 10.7. The van der Waals surface area contributed by atoms with Crippen LogP contribution in [0.25, 0.3) is 11.3 Å². The molecule has 0 atom stereocenters. The molecule has 1 aromatic heterocycles. The van der Waals surface area contributed by atoms with E-state index in [9.17, 15) is 10.1 Å². The Balaban J connectivity index is 2.25. The summed E-state index contributed by atoms with van der Waals surface area (Å²) in [6.45, 7) is 0. The first-order valence-electron chi connectivity index (χ1n) is 5.60. The maximum Gasteiger partial charge on any atom is 0.288 e. The molecule has 0 spiro atoms. The van der Waals surface area contributed by atoms with E-state index in [0.29, 0.717) is 17.1 Å². The van der Waals surface area contributed by atoms with E-state index >= 15 is 0 Å². The van der Waals surface area contributed by atoms with Gasteiger partial charge in [-0.2, -0.15) is 5.10 Å². The van der Waals surface area contributed by atoms with Crippen molar-refractivity contribution in [3.05, 3.63) is 51.2 Å². The first kappa shape index (κ1) is 14.9. The highest BCUT2D eigenvalue weighted by Crippen LogP contribution is 2.30. The standard InChI is InChI=1S/C12H9ClN4O3S/c13-9-3-1-7(5-10(9)17(18)19)11-4-2-8(20-11)6-15-16-12(14)21/h1-6H,(H3,14,16,21). The number of furan rings is 1. The van der Waals surface area contributed by atoms with Crippen molar-refractivity contribution in [2.75, 3.05) is 0 Å². The third kappa shape index (κ3) is 3.77. The number of halogens is 1. The van der Waals surface area contributed by atoms with Gasteiger partial charge >= 0.3 is 0 Å². The lowest BCUT2D eigenvalue weighted by molar-refractivity contribution is -0.384. The van der Waals surface area contributed by atoms with E-state index in [-0.39, 0.29) is 15.8 Å². The van der Waals surface area contributed by atoms with Gasteiger partial charge in [0.1, 0.15) is 16.5 Å². The second kappa shape index (κ2) is 6.33. The largest absolute Gasteiger partial charge is 0.455 e. The van der Waals surface area contributed by atoms with E-state index in [1.807, 2.05) is 0 Å². The molecule has 9 heteroatoms. The van der Waals surface area contributed by atoms with Crippen molar-refractivity contribution in [2.45, 2.75) is 0 Å². The number of nitro benzene ring substituents is 1. The molecule has 2 rings (SSSR count). The molecule has 7 nitrogen and oxygen atoms in total. The zero-order valence-electron chi connectivity index (χ0n) is 10.4. The number of nitrogens with zero attached hydrogens (tertiary/aromatic N) is 2. The number of rotatable bonds is 4. The Labute approximate surface area is 129 Å². The number of thiocarbonyl (C=S) groups is 1. The van der Waals surface area contributed by atoms with Gasteiger partial charge in [-0.1, -0.05) is 11.6 Å². The highest BCUT2D eigenvalue weighted by molar-refractivity contribution is 7.80. The van der Waals surface area contributed by atoms with E-state index in [4.69, 9.17) is 21.8 Å². The molecule has 21 heavy (non-hydrogen) atoms. The lowest BCUT2D eigenvalue weighted by atomic mass is 10.1. The van der Waals surface area contributed by atoms with E-state index < -0.39 is 4.92 Å². The minimum Gasteiger partial charge on any atom is -0.455 e. The molecule has 108 valence electrons. The third-order valence-electron chi connectivity index (χ3n) is 2.42. The fourth-order valence-corrected chi connectivity index (χ4v) is 1.78. The summed E-state index contributed by atoms with van der Waals surface area (Å²) in [5.74, 6) is 0.887. The second-order valence-electron chi connectivity index (χ2n) is 3.86. The molecule has 0 radical (unpaired) electrons. The van der Waals surface area contributed by atoms with Gasteiger partial charge in [0, 0.05) is 11.6 Å². The number of benzene rings is 1. The van der Waals surface area contributed by atoms with Crippen molar-refractivity contribution in [1.82, 2.24) is 5.43 Å². The molecule has 0 aliphatic rings. The first-order valence-corrected chi connectivity index (χ1v) is 6.38. The highest BCUT2D eigenvalue weighted by atomic mass is 35.5. The van der Waals surface area contributed by atoms with Crippen LogP contribution in [0.2, 0.25) is 5.02 Å². The molecule has 0 bridgehead atoms. The van der Waals surface area contributed by atoms with E-state index in [1.54, 1.807) is 18.2 Å². The molecular weight excluding hydrogens is 316 g/mol. The minimum atomic E-state index is -0.552. The highest BCUT2D eigenvalue weighted by Gasteiger charge is 2.15. The quantitative estimate of drug-likeness (QED) is 0.387. The Kier molecular flexibility index (Phi) is 4.51. The fourth-order valence-electron chi connectivity index (χ4n) is 1.54. The Morgan fingerprint density at radius 1 is 1.48 bits per heavy atom. The Bertz CT molecular complexity index is 729. The number of nitrogens with two attached hydrogens (primary N) is 1. The number of nitro groups is 1. The van der Waals surface area contributed by atoms with Gasteiger partial charge < -0.3 is 10.2 Å². The molecular formula is C12H9ClN4O3S. The van der Waals surface area contributed by atoms with Gasteiger partial charge in [0.25, 0.3) is 5.69 Å². The molecule has 2 aromatic rings. The zero-order valence-corrected chi connectivity index (χ0v) is 12.0. The van der Waals surface area contributed by atoms with Gasteiger partial charge in [-0.15, -0.1) is 0 Å². The molecule has 0 amide bonds. The molecule has 0 unspecified atom stereocenters. The number of hydrogen-bond donors (Lipinski definition) is 2. The van der Waals surface area contributed by atoms with Crippen molar-refractivity contribution in [3.8, 4) is 11.3 Å². The van der Waals surface area contributed by atoms with Crippen LogP contribution in [0, 0.1) is 10.1 Å². The van der Waals surface area contributed by atoms with Crippen LogP contribution in [-0.4, -0.2) is 16.3 Å². The van der Waals surface area contributed by atoms with Crippen LogP contribution in [0.3, 0.4) is 0 Å². The van der Waals surface area contributed by atoms with Crippen molar-refractivity contribution in [1.29, 1.82) is 0 Å². The van der Waals surface area contributed by atoms with Crippen molar-refractivity contribution in [2.24, 2.45) is 10.8 Å². The smallest absolute Gasteiger partial charge is 0.288 e. The number of nitrogens with one attached hydrogen (secondary N) is 1. The summed E-state index contributed by atoms with van der Waals surface area (Å²) in [6.07, 6.45) is 1.38. The van der Waals surface area contributed by atoms with Crippen molar-refractivity contribution in [3.63, 3.8) is 0 Å². The molecule has 1 aromatic carbocycles. The van der Waals surface area contributed by atoms with Crippen LogP contribution >= 0.6 is 23.8 Å². The van der Waals surface area contributed by atoms with Gasteiger partial charge in [0.2, 0.25) is 0 Å². The van der Waals surface area contributed by atoms with E-state index in [2.05, 4.69) is 22.7 Å². The van der Waals surface area contributed by atoms with Crippen LogP contribution in [0.4, 0.5) is 5.69 Å². The summed E-state index contributed by atoms with van der Waals surface area (Å²) >= 11 is 10.3. The number of hydrogen-bond acceptors (Lipinski definition) is 5. The molecule has 1 heterocycles. The maximum atomic E-state index is 10.9. The fraction of sp³-hybridized carbons (Fsp3) is 0. The summed E-state index contributed by atoms with van der Waals surface area (Å²) < 4.78 is 5.49. The summed E-state index contributed by atoms with van der Waals surface area (Å²) in [5.41, 5.74) is 7.95. The molecule has 0 fully saturated rings. The van der Waals surface area contributed by atoms with Gasteiger partial charge in [0.15, 0.2) is 5.11 Å². The van der Waals surface area contributed by atoms with Gasteiger partial charge in [-0.25, -0.2) is 0 Å². The lowest BCUT2D eigenvalue weighted by Crippen LogP contribution is -2.23. The first-order chi connectivity index (χ1) is 9.97. The Morgan fingerprint density at radius 2 is 2.24 bits per heavy atom. The minimum absolute atomic E-state index is 0.0337. The van der Waals surface area contributed by atoms with Gasteiger partial charge in [-0.3, -0.25) is 15.5 Å². The van der Waals surface area contributed by atoms with Crippen LogP contribution < -0.4 is 11.2 Å². The average Bonchev–Trinajstić information content (AvgIpc) is 2.87. The monoisotopic (exact) mass is 324 g/mol. The van der Waals surface area contributed by atoms with Crippen molar-refractivity contribution >= 4 is 40.8 Å². The van der Waals surface area contributed by atoms with Crippen LogP contribution in [0.5, 0.6) is 0 Å². The predicted octanol–water partition coefficient (Wildman–Crippen LogP) is 2.68. The van der Waals surface area contributed by atoms with Crippen molar-refractivity contribution < 1.29 is 9.34 Å². The summed E-state index contributed by atoms with van der Waals surface area (Å²) in [6, 6.07) is 7.73.